The van der Waals surface area contributed by atoms with Gasteiger partial charge in [-0.15, -0.1) is 19.7 Å². The third kappa shape index (κ3) is 3.58. The van der Waals surface area contributed by atoms with Crippen LogP contribution in [0, 0.1) is 45.8 Å². The van der Waals surface area contributed by atoms with Crippen molar-refractivity contribution in [2.75, 3.05) is 0 Å². The molecule has 5 saturated carbocycles. The first-order chi connectivity index (χ1) is 15.1. The molecular formula is C30H53NO. The molecule has 3 N–H and O–H groups in total. The zero-order valence-corrected chi connectivity index (χ0v) is 22.0. The van der Waals surface area contributed by atoms with Crippen molar-refractivity contribution in [2.45, 2.75) is 117 Å². The third-order valence-electron chi connectivity index (χ3n) is 12.0. The standard InChI is InChI=1S/C25H43NO.C3H6.C2H4/c1-16-17-9-13-24(4)21(22(17,2)12-10-20(16)26)8-7-18-19-6-5-11-25(19,27)15-14-23(18,24)3;1-3-2;1-2/h16-21,27H,5-15,26H2,1-4H3;3H,1H2,2H3;1-2H2/t16?,17?,18?,19?,20?,21?,22?,23-,24?,25?;;/m1../s1. The highest BCUT2D eigenvalue weighted by Crippen LogP contribution is 2.74. The lowest BCUT2D eigenvalue weighted by atomic mass is 9.34. The Morgan fingerprint density at radius 3 is 2.12 bits per heavy atom. The van der Waals surface area contributed by atoms with Crippen LogP contribution in [0.3, 0.4) is 0 Å². The van der Waals surface area contributed by atoms with Crippen LogP contribution in [-0.4, -0.2) is 16.7 Å². The number of hydrogen-bond donors (Lipinski definition) is 2. The summed E-state index contributed by atoms with van der Waals surface area (Å²) in [4.78, 5) is 0. The SMILES string of the molecule is C=C.C=CC.CC1C(N)CCC2(C)C1CCC1(C)C2CCC2C3CCCC3(O)CC[C@]21C. The monoisotopic (exact) mass is 443 g/mol. The molecule has 2 heteroatoms. The summed E-state index contributed by atoms with van der Waals surface area (Å²) in [5.74, 6) is 3.70. The Morgan fingerprint density at radius 1 is 0.812 bits per heavy atom. The smallest absolute Gasteiger partial charge is 0.0678 e. The van der Waals surface area contributed by atoms with Gasteiger partial charge in [0.25, 0.3) is 0 Å². The van der Waals surface area contributed by atoms with E-state index >= 15 is 0 Å². The van der Waals surface area contributed by atoms with Crippen molar-refractivity contribution in [3.8, 4) is 0 Å². The quantitative estimate of drug-likeness (QED) is 0.380. The van der Waals surface area contributed by atoms with Gasteiger partial charge in [-0.2, -0.15) is 0 Å². The molecule has 0 amide bonds. The van der Waals surface area contributed by atoms with Crippen molar-refractivity contribution < 1.29 is 5.11 Å². The second-order valence-electron chi connectivity index (χ2n) is 12.8. The van der Waals surface area contributed by atoms with Gasteiger partial charge in [0.05, 0.1) is 5.60 Å². The molecule has 5 fully saturated rings. The fourth-order valence-electron chi connectivity index (χ4n) is 10.2. The number of rotatable bonds is 0. The summed E-state index contributed by atoms with van der Waals surface area (Å²) in [6.07, 6.45) is 15.8. The van der Waals surface area contributed by atoms with Gasteiger partial charge in [0.1, 0.15) is 0 Å². The molecule has 0 saturated heterocycles. The van der Waals surface area contributed by atoms with Crippen LogP contribution in [0.1, 0.15) is 105 Å². The van der Waals surface area contributed by atoms with Gasteiger partial charge in [0.15, 0.2) is 0 Å². The normalized spacial score (nSPS) is 53.6. The molecule has 32 heavy (non-hydrogen) atoms. The Bertz CT molecular complexity index is 676. The Kier molecular flexibility index (Phi) is 7.49. The number of nitrogens with two attached hydrogens (primary N) is 1. The average Bonchev–Trinajstić information content (AvgIpc) is 3.16. The Labute approximate surface area is 199 Å². The molecule has 0 radical (unpaired) electrons. The van der Waals surface area contributed by atoms with Crippen molar-refractivity contribution in [3.05, 3.63) is 25.8 Å². The molecule has 0 heterocycles. The highest BCUT2D eigenvalue weighted by Gasteiger charge is 2.68. The van der Waals surface area contributed by atoms with Gasteiger partial charge in [-0.25, -0.2) is 0 Å². The first kappa shape index (κ1) is 26.0. The summed E-state index contributed by atoms with van der Waals surface area (Å²) >= 11 is 0. The molecule has 5 rings (SSSR count). The van der Waals surface area contributed by atoms with Crippen LogP contribution in [0.5, 0.6) is 0 Å². The van der Waals surface area contributed by atoms with Gasteiger partial charge in [0.2, 0.25) is 0 Å². The van der Waals surface area contributed by atoms with E-state index in [1.807, 2.05) is 6.92 Å². The van der Waals surface area contributed by atoms with Crippen LogP contribution in [0.2, 0.25) is 0 Å². The van der Waals surface area contributed by atoms with Gasteiger partial charge in [-0.05, 0) is 117 Å². The minimum Gasteiger partial charge on any atom is -0.390 e. The van der Waals surface area contributed by atoms with E-state index in [9.17, 15) is 5.11 Å². The van der Waals surface area contributed by atoms with Crippen LogP contribution in [-0.2, 0) is 0 Å². The lowest BCUT2D eigenvalue weighted by Crippen LogP contribution is -2.66. The van der Waals surface area contributed by atoms with E-state index in [0.717, 1.165) is 30.6 Å². The van der Waals surface area contributed by atoms with Crippen LogP contribution < -0.4 is 5.73 Å². The lowest BCUT2D eigenvalue weighted by molar-refractivity contribution is -0.236. The molecule has 5 aliphatic carbocycles. The van der Waals surface area contributed by atoms with E-state index in [0.29, 0.717) is 34.1 Å². The zero-order valence-electron chi connectivity index (χ0n) is 22.0. The van der Waals surface area contributed by atoms with E-state index in [-0.39, 0.29) is 5.60 Å². The summed E-state index contributed by atoms with van der Waals surface area (Å²) in [7, 11) is 0. The maximum Gasteiger partial charge on any atom is 0.0678 e. The van der Waals surface area contributed by atoms with Crippen molar-refractivity contribution in [1.82, 2.24) is 0 Å². The van der Waals surface area contributed by atoms with E-state index in [4.69, 9.17) is 5.73 Å². The molecule has 0 aliphatic heterocycles. The average molecular weight is 444 g/mol. The summed E-state index contributed by atoms with van der Waals surface area (Å²) in [5.41, 5.74) is 7.56. The Hall–Kier alpha value is -0.600. The Morgan fingerprint density at radius 2 is 1.47 bits per heavy atom. The number of allylic oxidation sites excluding steroid dienone is 1. The third-order valence-corrected chi connectivity index (χ3v) is 12.0. The number of hydrogen-bond acceptors (Lipinski definition) is 2. The first-order valence-corrected chi connectivity index (χ1v) is 13.6. The largest absolute Gasteiger partial charge is 0.390 e. The molecule has 0 aromatic rings. The predicted molar refractivity (Wildman–Crippen MR) is 138 cm³/mol. The summed E-state index contributed by atoms with van der Waals surface area (Å²) in [6, 6.07) is 0.419. The van der Waals surface area contributed by atoms with Gasteiger partial charge in [0, 0.05) is 6.04 Å². The second-order valence-corrected chi connectivity index (χ2v) is 12.8. The molecule has 5 aliphatic rings. The van der Waals surface area contributed by atoms with Gasteiger partial charge in [-0.1, -0.05) is 40.2 Å². The summed E-state index contributed by atoms with van der Waals surface area (Å²) in [6.45, 7) is 21.7. The van der Waals surface area contributed by atoms with Crippen LogP contribution in [0.25, 0.3) is 0 Å². The molecule has 2 nitrogen and oxygen atoms in total. The molecule has 10 atom stereocenters. The topological polar surface area (TPSA) is 46.2 Å². The molecule has 9 unspecified atom stereocenters. The molecule has 0 aromatic heterocycles. The maximum atomic E-state index is 11.3. The highest BCUT2D eigenvalue weighted by atomic mass is 16.3. The fourth-order valence-corrected chi connectivity index (χ4v) is 10.2. The molecule has 0 spiro atoms. The molecule has 0 bridgehead atoms. The van der Waals surface area contributed by atoms with E-state index in [2.05, 4.69) is 47.4 Å². The maximum absolute atomic E-state index is 11.3. The number of aliphatic hydroxyl groups is 1. The van der Waals surface area contributed by atoms with Crippen molar-refractivity contribution in [1.29, 1.82) is 0 Å². The zero-order chi connectivity index (χ0) is 23.9. The van der Waals surface area contributed by atoms with E-state index in [1.165, 1.54) is 57.8 Å². The second kappa shape index (κ2) is 9.21. The van der Waals surface area contributed by atoms with E-state index in [1.54, 1.807) is 6.08 Å². The van der Waals surface area contributed by atoms with Crippen LogP contribution >= 0.6 is 0 Å². The van der Waals surface area contributed by atoms with Gasteiger partial charge < -0.3 is 10.8 Å². The summed E-state index contributed by atoms with van der Waals surface area (Å²) < 4.78 is 0. The van der Waals surface area contributed by atoms with Crippen LogP contribution in [0.15, 0.2) is 25.8 Å². The van der Waals surface area contributed by atoms with Crippen molar-refractivity contribution in [3.63, 3.8) is 0 Å². The summed E-state index contributed by atoms with van der Waals surface area (Å²) in [5, 5.41) is 11.3. The highest BCUT2D eigenvalue weighted by molar-refractivity contribution is 5.18. The first-order valence-electron chi connectivity index (χ1n) is 13.6. The van der Waals surface area contributed by atoms with Crippen molar-refractivity contribution in [2.24, 2.45) is 51.6 Å². The molecular weight excluding hydrogens is 390 g/mol. The Balaban J connectivity index is 0.000000536. The van der Waals surface area contributed by atoms with Crippen LogP contribution in [0.4, 0.5) is 0 Å². The molecule has 0 aromatic carbocycles. The molecule has 184 valence electrons. The van der Waals surface area contributed by atoms with Gasteiger partial charge in [-0.3, -0.25) is 0 Å². The minimum absolute atomic E-state index is 0.319. The van der Waals surface area contributed by atoms with E-state index < -0.39 is 0 Å². The van der Waals surface area contributed by atoms with Crippen molar-refractivity contribution >= 4 is 0 Å². The lowest BCUT2D eigenvalue weighted by Gasteiger charge is -2.71. The minimum atomic E-state index is -0.319. The predicted octanol–water partition coefficient (Wildman–Crippen LogP) is 7.52. The van der Waals surface area contributed by atoms with Gasteiger partial charge >= 0.3 is 0 Å². The fraction of sp³-hybridized carbons (Fsp3) is 0.867. The number of fused-ring (bicyclic) bond motifs is 7.